The molecule has 6 heteroatoms. The fourth-order valence-corrected chi connectivity index (χ4v) is 2.92. The summed E-state index contributed by atoms with van der Waals surface area (Å²) in [5.74, 6) is -0.109. The SMILES string of the molecule is C=CC(=O)N1CCOCC1c1cc(Cl)cc(-c2ccncn2)c1. The maximum atomic E-state index is 12.1. The van der Waals surface area contributed by atoms with Crippen molar-refractivity contribution in [1.29, 1.82) is 0 Å². The second-order valence-corrected chi connectivity index (χ2v) is 5.63. The molecule has 1 atom stereocenters. The standard InChI is InChI=1S/C17H16ClN3O2/c1-2-17(22)21-5-6-23-10-16(21)13-7-12(8-14(18)9-13)15-3-4-19-11-20-15/h2-4,7-9,11,16H,1,5-6,10H2. The molecule has 0 spiro atoms. The number of hydrogen-bond donors (Lipinski definition) is 0. The molecule has 2 aromatic rings. The van der Waals surface area contributed by atoms with Crippen molar-refractivity contribution in [3.8, 4) is 11.3 Å². The van der Waals surface area contributed by atoms with Crippen LogP contribution in [0.5, 0.6) is 0 Å². The van der Waals surface area contributed by atoms with Crippen LogP contribution < -0.4 is 0 Å². The number of carbonyl (C=O) groups is 1. The van der Waals surface area contributed by atoms with Gasteiger partial charge in [0.1, 0.15) is 6.33 Å². The van der Waals surface area contributed by atoms with Crippen LogP contribution in [-0.4, -0.2) is 40.5 Å². The zero-order valence-corrected chi connectivity index (χ0v) is 13.2. The molecule has 23 heavy (non-hydrogen) atoms. The Morgan fingerprint density at radius 2 is 2.30 bits per heavy atom. The number of morpholine rings is 1. The largest absolute Gasteiger partial charge is 0.377 e. The van der Waals surface area contributed by atoms with E-state index >= 15 is 0 Å². The first-order valence-electron chi connectivity index (χ1n) is 7.26. The summed E-state index contributed by atoms with van der Waals surface area (Å²) in [5, 5.41) is 0.590. The van der Waals surface area contributed by atoms with Gasteiger partial charge < -0.3 is 9.64 Å². The molecule has 2 heterocycles. The summed E-state index contributed by atoms with van der Waals surface area (Å²) in [6.45, 7) is 5.06. The van der Waals surface area contributed by atoms with Crippen LogP contribution in [0.2, 0.25) is 5.02 Å². The molecule has 0 saturated carbocycles. The lowest BCUT2D eigenvalue weighted by molar-refractivity contribution is -0.134. The molecule has 1 aromatic carbocycles. The van der Waals surface area contributed by atoms with Crippen molar-refractivity contribution in [3.05, 3.63) is 60.0 Å². The minimum Gasteiger partial charge on any atom is -0.377 e. The summed E-state index contributed by atoms with van der Waals surface area (Å²) in [5.41, 5.74) is 2.58. The summed E-state index contributed by atoms with van der Waals surface area (Å²) in [6.07, 6.45) is 4.50. The maximum absolute atomic E-state index is 12.1. The molecule has 1 saturated heterocycles. The molecule has 3 rings (SSSR count). The van der Waals surface area contributed by atoms with E-state index in [-0.39, 0.29) is 11.9 Å². The Morgan fingerprint density at radius 1 is 1.43 bits per heavy atom. The van der Waals surface area contributed by atoms with Crippen LogP contribution in [0.15, 0.2) is 49.4 Å². The second kappa shape index (κ2) is 6.89. The lowest BCUT2D eigenvalue weighted by Gasteiger charge is -2.35. The highest BCUT2D eigenvalue weighted by atomic mass is 35.5. The van der Waals surface area contributed by atoms with Gasteiger partial charge in [-0.2, -0.15) is 0 Å². The third-order valence-electron chi connectivity index (χ3n) is 3.77. The molecule has 1 amide bonds. The first-order valence-corrected chi connectivity index (χ1v) is 7.64. The summed E-state index contributed by atoms with van der Waals surface area (Å²) in [4.78, 5) is 22.0. The van der Waals surface area contributed by atoms with Gasteiger partial charge in [-0.1, -0.05) is 18.2 Å². The molecular weight excluding hydrogens is 314 g/mol. The van der Waals surface area contributed by atoms with E-state index in [1.165, 1.54) is 12.4 Å². The van der Waals surface area contributed by atoms with E-state index in [1.807, 2.05) is 24.3 Å². The van der Waals surface area contributed by atoms with Crippen molar-refractivity contribution in [2.45, 2.75) is 6.04 Å². The van der Waals surface area contributed by atoms with Crippen molar-refractivity contribution in [2.75, 3.05) is 19.8 Å². The number of rotatable bonds is 3. The lowest BCUT2D eigenvalue weighted by atomic mass is 10.0. The molecule has 1 aliphatic heterocycles. The Hall–Kier alpha value is -2.24. The fraction of sp³-hybridized carbons (Fsp3) is 0.235. The molecule has 1 aliphatic rings. The minimum absolute atomic E-state index is 0.109. The van der Waals surface area contributed by atoms with Crippen LogP contribution >= 0.6 is 11.6 Å². The van der Waals surface area contributed by atoms with Gasteiger partial charge in [-0.05, 0) is 35.9 Å². The summed E-state index contributed by atoms with van der Waals surface area (Å²) >= 11 is 6.27. The van der Waals surface area contributed by atoms with Crippen LogP contribution in [0.25, 0.3) is 11.3 Å². The van der Waals surface area contributed by atoms with E-state index < -0.39 is 0 Å². The average molecular weight is 330 g/mol. The maximum Gasteiger partial charge on any atom is 0.246 e. The third-order valence-corrected chi connectivity index (χ3v) is 3.99. The lowest BCUT2D eigenvalue weighted by Crippen LogP contribution is -2.42. The smallest absolute Gasteiger partial charge is 0.246 e. The third kappa shape index (κ3) is 3.41. The number of carbonyl (C=O) groups excluding carboxylic acids is 1. The highest BCUT2D eigenvalue weighted by molar-refractivity contribution is 6.31. The zero-order chi connectivity index (χ0) is 16.2. The second-order valence-electron chi connectivity index (χ2n) is 5.19. The first-order chi connectivity index (χ1) is 11.2. The highest BCUT2D eigenvalue weighted by Crippen LogP contribution is 2.30. The fourth-order valence-electron chi connectivity index (χ4n) is 2.67. The molecule has 1 fully saturated rings. The minimum atomic E-state index is -0.187. The quantitative estimate of drug-likeness (QED) is 0.812. The van der Waals surface area contributed by atoms with Crippen LogP contribution in [0, 0.1) is 0 Å². The van der Waals surface area contributed by atoms with Crippen molar-refractivity contribution in [1.82, 2.24) is 14.9 Å². The average Bonchev–Trinajstić information content (AvgIpc) is 2.61. The summed E-state index contributed by atoms with van der Waals surface area (Å²) in [7, 11) is 0. The Kier molecular flexibility index (Phi) is 4.69. The molecule has 118 valence electrons. The van der Waals surface area contributed by atoms with Crippen LogP contribution in [0.3, 0.4) is 0 Å². The molecule has 1 aromatic heterocycles. The monoisotopic (exact) mass is 329 g/mol. The van der Waals surface area contributed by atoms with E-state index in [2.05, 4.69) is 16.5 Å². The van der Waals surface area contributed by atoms with Gasteiger partial charge in [0.25, 0.3) is 0 Å². The molecule has 0 radical (unpaired) electrons. The number of halogens is 1. The molecule has 1 unspecified atom stereocenters. The number of hydrogen-bond acceptors (Lipinski definition) is 4. The number of amides is 1. The molecular formula is C17H16ClN3O2. The zero-order valence-electron chi connectivity index (χ0n) is 12.5. The van der Waals surface area contributed by atoms with Gasteiger partial charge >= 0.3 is 0 Å². The van der Waals surface area contributed by atoms with Gasteiger partial charge in [0.15, 0.2) is 0 Å². The Morgan fingerprint density at radius 3 is 3.04 bits per heavy atom. The number of nitrogens with zero attached hydrogens (tertiary/aromatic N) is 3. The van der Waals surface area contributed by atoms with Crippen molar-refractivity contribution >= 4 is 17.5 Å². The molecule has 0 aliphatic carbocycles. The van der Waals surface area contributed by atoms with Gasteiger partial charge in [-0.3, -0.25) is 4.79 Å². The van der Waals surface area contributed by atoms with E-state index in [4.69, 9.17) is 16.3 Å². The number of benzene rings is 1. The first kappa shape index (κ1) is 15.6. The van der Waals surface area contributed by atoms with Gasteiger partial charge in [0.2, 0.25) is 5.91 Å². The molecule has 5 nitrogen and oxygen atoms in total. The van der Waals surface area contributed by atoms with E-state index in [1.54, 1.807) is 11.1 Å². The van der Waals surface area contributed by atoms with Gasteiger partial charge in [0, 0.05) is 23.3 Å². The Bertz CT molecular complexity index is 721. The van der Waals surface area contributed by atoms with Crippen LogP contribution in [-0.2, 0) is 9.53 Å². The predicted molar refractivity (Wildman–Crippen MR) is 87.9 cm³/mol. The predicted octanol–water partition coefficient (Wildman–Crippen LogP) is 2.88. The number of ether oxygens (including phenoxy) is 1. The van der Waals surface area contributed by atoms with Crippen LogP contribution in [0.1, 0.15) is 11.6 Å². The van der Waals surface area contributed by atoms with E-state index in [0.717, 1.165) is 16.8 Å². The van der Waals surface area contributed by atoms with Crippen molar-refractivity contribution in [3.63, 3.8) is 0 Å². The normalized spacial score (nSPS) is 17.8. The van der Waals surface area contributed by atoms with Gasteiger partial charge in [0.05, 0.1) is 24.9 Å². The van der Waals surface area contributed by atoms with E-state index in [9.17, 15) is 4.79 Å². The van der Waals surface area contributed by atoms with Crippen molar-refractivity contribution < 1.29 is 9.53 Å². The summed E-state index contributed by atoms with van der Waals surface area (Å²) in [6, 6.07) is 7.32. The highest BCUT2D eigenvalue weighted by Gasteiger charge is 2.27. The summed E-state index contributed by atoms with van der Waals surface area (Å²) < 4.78 is 5.55. The Labute approximate surface area is 139 Å². The topological polar surface area (TPSA) is 55.3 Å². The van der Waals surface area contributed by atoms with Gasteiger partial charge in [-0.15, -0.1) is 0 Å². The van der Waals surface area contributed by atoms with E-state index in [0.29, 0.717) is 24.8 Å². The van der Waals surface area contributed by atoms with Crippen LogP contribution in [0.4, 0.5) is 0 Å². The van der Waals surface area contributed by atoms with Crippen molar-refractivity contribution in [2.24, 2.45) is 0 Å². The molecule has 0 bridgehead atoms. The Balaban J connectivity index is 2.00. The number of aromatic nitrogens is 2. The molecule has 0 N–H and O–H groups in total. The van der Waals surface area contributed by atoms with Gasteiger partial charge in [-0.25, -0.2) is 9.97 Å².